The molecule has 2 heterocycles. The van der Waals surface area contributed by atoms with Crippen LogP contribution in [-0.2, 0) is 6.42 Å². The van der Waals surface area contributed by atoms with Crippen molar-refractivity contribution in [1.82, 2.24) is 25.9 Å². The third-order valence-electron chi connectivity index (χ3n) is 6.68. The first-order chi connectivity index (χ1) is 13.7. The average Bonchev–Trinajstić information content (AvgIpc) is 3.43. The van der Waals surface area contributed by atoms with E-state index in [9.17, 15) is 5.11 Å². The topological polar surface area (TPSA) is 86.7 Å². The molecule has 2 fully saturated rings. The number of allylic oxidation sites excluding steroid dienone is 1. The quantitative estimate of drug-likeness (QED) is 0.634. The van der Waals surface area contributed by atoms with E-state index in [1.165, 1.54) is 36.8 Å². The van der Waals surface area contributed by atoms with Crippen LogP contribution in [0.15, 0.2) is 36.6 Å². The predicted molar refractivity (Wildman–Crippen MR) is 109 cm³/mol. The number of nitrogens with zero attached hydrogens (tertiary/aromatic N) is 3. The van der Waals surface area contributed by atoms with Gasteiger partial charge in [0.15, 0.2) is 5.82 Å². The number of piperidine rings is 1. The number of tetrazole rings is 1. The lowest BCUT2D eigenvalue weighted by atomic mass is 9.76. The van der Waals surface area contributed by atoms with Gasteiger partial charge in [-0.25, -0.2) is 5.10 Å². The Bertz CT molecular complexity index is 746. The molecule has 6 heteroatoms. The molecular weight excluding hydrogens is 350 g/mol. The minimum absolute atomic E-state index is 0.0126. The zero-order valence-electron chi connectivity index (χ0n) is 16.5. The van der Waals surface area contributed by atoms with Crippen molar-refractivity contribution in [3.05, 3.63) is 53.6 Å². The Morgan fingerprint density at radius 3 is 2.43 bits per heavy atom. The van der Waals surface area contributed by atoms with Gasteiger partial charge in [0.1, 0.15) is 0 Å². The van der Waals surface area contributed by atoms with Gasteiger partial charge in [0.2, 0.25) is 0 Å². The molecule has 2 aliphatic rings. The van der Waals surface area contributed by atoms with E-state index in [1.54, 1.807) is 0 Å². The monoisotopic (exact) mass is 381 g/mol. The molecule has 2 atom stereocenters. The first kappa shape index (κ1) is 19.1. The summed E-state index contributed by atoms with van der Waals surface area (Å²) < 4.78 is 0. The molecule has 3 N–H and O–H groups in total. The Morgan fingerprint density at radius 2 is 1.82 bits per heavy atom. The summed E-state index contributed by atoms with van der Waals surface area (Å²) in [7, 11) is 0. The number of rotatable bonds is 7. The Hall–Kier alpha value is -2.21. The maximum atomic E-state index is 10.5. The van der Waals surface area contributed by atoms with Crippen LogP contribution in [0, 0.1) is 11.8 Å². The van der Waals surface area contributed by atoms with Gasteiger partial charge in [-0.1, -0.05) is 43.7 Å². The molecule has 2 aromatic rings. The maximum absolute atomic E-state index is 10.5. The number of nitrogens with one attached hydrogen (secondary N) is 2. The number of hydrogen-bond donors (Lipinski definition) is 3. The first-order valence-electron chi connectivity index (χ1n) is 10.6. The lowest BCUT2D eigenvalue weighted by Gasteiger charge is -2.29. The van der Waals surface area contributed by atoms with E-state index in [0.29, 0.717) is 11.8 Å². The Labute approximate surface area is 166 Å². The molecule has 0 bridgehead atoms. The molecule has 1 saturated heterocycles. The van der Waals surface area contributed by atoms with Crippen LogP contribution in [-0.4, -0.2) is 38.8 Å². The molecule has 0 amide bonds. The SMILES string of the molecule is C=C(O)[C@@H](C1CCCC1)[C@H](Cc1ccc(C2CCNCC2)cc1)c1nnn[nH]1. The fraction of sp³-hybridized carbons (Fsp3) is 0.591. The van der Waals surface area contributed by atoms with Crippen LogP contribution in [0.3, 0.4) is 0 Å². The second-order valence-electron chi connectivity index (χ2n) is 8.42. The Kier molecular flexibility index (Phi) is 6.05. The maximum Gasteiger partial charge on any atom is 0.152 e. The highest BCUT2D eigenvalue weighted by Gasteiger charge is 2.36. The summed E-state index contributed by atoms with van der Waals surface area (Å²) in [5, 5.41) is 28.6. The van der Waals surface area contributed by atoms with Crippen molar-refractivity contribution >= 4 is 0 Å². The third-order valence-corrected chi connectivity index (χ3v) is 6.68. The Morgan fingerprint density at radius 1 is 1.11 bits per heavy atom. The van der Waals surface area contributed by atoms with Crippen molar-refractivity contribution < 1.29 is 5.11 Å². The van der Waals surface area contributed by atoms with Crippen LogP contribution >= 0.6 is 0 Å². The largest absolute Gasteiger partial charge is 0.513 e. The van der Waals surface area contributed by atoms with E-state index in [1.807, 2.05) is 0 Å². The van der Waals surface area contributed by atoms with Crippen LogP contribution in [0.5, 0.6) is 0 Å². The standard InChI is InChI=1S/C22H31N5O/c1-15(28)21(19-4-2-3-5-19)20(22-24-26-27-25-22)14-16-6-8-17(9-7-16)18-10-12-23-13-11-18/h6-9,18-21,23,28H,1-5,10-14H2,(H,24,25,26,27)/t20-,21-/m0/s1. The number of hydrogen-bond acceptors (Lipinski definition) is 5. The van der Waals surface area contributed by atoms with E-state index in [4.69, 9.17) is 0 Å². The number of aromatic amines is 1. The van der Waals surface area contributed by atoms with Gasteiger partial charge < -0.3 is 10.4 Å². The van der Waals surface area contributed by atoms with Crippen LogP contribution in [0.2, 0.25) is 0 Å². The van der Waals surface area contributed by atoms with Gasteiger partial charge in [0, 0.05) is 11.8 Å². The van der Waals surface area contributed by atoms with E-state index >= 15 is 0 Å². The summed E-state index contributed by atoms with van der Waals surface area (Å²) in [4.78, 5) is 0. The molecule has 0 unspecified atom stereocenters. The molecule has 0 spiro atoms. The zero-order valence-corrected chi connectivity index (χ0v) is 16.5. The van der Waals surface area contributed by atoms with Gasteiger partial charge in [-0.3, -0.25) is 0 Å². The normalized spacial score (nSPS) is 20.9. The summed E-state index contributed by atoms with van der Waals surface area (Å²) in [6.45, 7) is 6.13. The van der Waals surface area contributed by atoms with Crippen molar-refractivity contribution in [2.24, 2.45) is 11.8 Å². The number of aliphatic hydroxyl groups excluding tert-OH is 1. The first-order valence-corrected chi connectivity index (χ1v) is 10.6. The molecular formula is C22H31N5O. The second-order valence-corrected chi connectivity index (χ2v) is 8.42. The van der Waals surface area contributed by atoms with Crippen LogP contribution in [0.25, 0.3) is 0 Å². The van der Waals surface area contributed by atoms with Crippen molar-refractivity contribution in [2.75, 3.05) is 13.1 Å². The number of H-pyrrole nitrogens is 1. The van der Waals surface area contributed by atoms with Gasteiger partial charge in [0.25, 0.3) is 0 Å². The molecule has 0 radical (unpaired) electrons. The summed E-state index contributed by atoms with van der Waals surface area (Å²) in [5.74, 6) is 2.12. The van der Waals surface area contributed by atoms with Crippen LogP contribution in [0.4, 0.5) is 0 Å². The summed E-state index contributed by atoms with van der Waals surface area (Å²) >= 11 is 0. The molecule has 1 saturated carbocycles. The predicted octanol–water partition coefficient (Wildman–Crippen LogP) is 3.87. The average molecular weight is 382 g/mol. The molecule has 1 aliphatic heterocycles. The molecule has 4 rings (SSSR count). The molecule has 6 nitrogen and oxygen atoms in total. The zero-order chi connectivity index (χ0) is 19.3. The number of aliphatic hydroxyl groups is 1. The van der Waals surface area contributed by atoms with E-state index in [2.05, 4.69) is 56.8 Å². The van der Waals surface area contributed by atoms with E-state index in [0.717, 1.165) is 38.2 Å². The lowest BCUT2D eigenvalue weighted by molar-refractivity contribution is 0.224. The fourth-order valence-corrected chi connectivity index (χ4v) is 5.20. The molecule has 1 aliphatic carbocycles. The van der Waals surface area contributed by atoms with Crippen molar-refractivity contribution in [3.8, 4) is 0 Å². The van der Waals surface area contributed by atoms with Crippen molar-refractivity contribution in [3.63, 3.8) is 0 Å². The van der Waals surface area contributed by atoms with Crippen LogP contribution in [0.1, 0.15) is 67.3 Å². The number of benzene rings is 1. The Balaban J connectivity index is 1.54. The summed E-state index contributed by atoms with van der Waals surface area (Å²) in [6.07, 6.45) is 7.93. The van der Waals surface area contributed by atoms with E-state index in [-0.39, 0.29) is 17.6 Å². The third kappa shape index (κ3) is 4.27. The second kappa shape index (κ2) is 8.86. The number of aromatic nitrogens is 4. The minimum Gasteiger partial charge on any atom is -0.513 e. The highest BCUT2D eigenvalue weighted by molar-refractivity contribution is 5.27. The summed E-state index contributed by atoms with van der Waals surface area (Å²) in [5.41, 5.74) is 2.69. The summed E-state index contributed by atoms with van der Waals surface area (Å²) in [6, 6.07) is 9.03. The highest BCUT2D eigenvalue weighted by atomic mass is 16.3. The molecule has 150 valence electrons. The van der Waals surface area contributed by atoms with Crippen molar-refractivity contribution in [2.45, 2.75) is 56.8 Å². The van der Waals surface area contributed by atoms with E-state index < -0.39 is 0 Å². The van der Waals surface area contributed by atoms with Crippen LogP contribution < -0.4 is 5.32 Å². The van der Waals surface area contributed by atoms with Gasteiger partial charge in [-0.15, -0.1) is 5.10 Å². The van der Waals surface area contributed by atoms with Gasteiger partial charge in [-0.2, -0.15) is 0 Å². The van der Waals surface area contributed by atoms with Gasteiger partial charge in [-0.05, 0) is 78.6 Å². The van der Waals surface area contributed by atoms with Crippen molar-refractivity contribution in [1.29, 1.82) is 0 Å². The van der Waals surface area contributed by atoms with Gasteiger partial charge in [0.05, 0.1) is 5.76 Å². The lowest BCUT2D eigenvalue weighted by Crippen LogP contribution is -2.26. The minimum atomic E-state index is -0.0126. The smallest absolute Gasteiger partial charge is 0.152 e. The fourth-order valence-electron chi connectivity index (χ4n) is 5.20. The molecule has 1 aromatic heterocycles. The molecule has 28 heavy (non-hydrogen) atoms. The van der Waals surface area contributed by atoms with Gasteiger partial charge >= 0.3 is 0 Å². The molecule has 1 aromatic carbocycles. The highest BCUT2D eigenvalue weighted by Crippen LogP contribution is 2.42.